The summed E-state index contributed by atoms with van der Waals surface area (Å²) in [5.74, 6) is 0.314. The van der Waals surface area contributed by atoms with E-state index in [4.69, 9.17) is 10.00 Å². The number of nitrogens with one attached hydrogen (secondary N) is 1. The summed E-state index contributed by atoms with van der Waals surface area (Å²) < 4.78 is 33.7. The van der Waals surface area contributed by atoms with Gasteiger partial charge in [0.15, 0.2) is 11.5 Å². The Morgan fingerprint density at radius 2 is 2.10 bits per heavy atom. The van der Waals surface area contributed by atoms with Crippen molar-refractivity contribution in [1.82, 2.24) is 5.32 Å². The van der Waals surface area contributed by atoms with Gasteiger partial charge < -0.3 is 14.8 Å². The number of rotatable bonds is 9. The Bertz CT molecular complexity index is 447. The predicted octanol–water partition coefficient (Wildman–Crippen LogP) is 3.08. The largest absolute Gasteiger partial charge is 0.493 e. The van der Waals surface area contributed by atoms with E-state index in [1.165, 1.54) is 13.2 Å². The number of benzene rings is 1. The minimum Gasteiger partial charge on any atom is -0.493 e. The third-order valence-electron chi connectivity index (χ3n) is 2.67. The van der Waals surface area contributed by atoms with E-state index < -0.39 is 6.61 Å². The van der Waals surface area contributed by atoms with Crippen LogP contribution in [0, 0.1) is 11.3 Å². The molecule has 20 heavy (non-hydrogen) atoms. The fourth-order valence-electron chi connectivity index (χ4n) is 1.70. The van der Waals surface area contributed by atoms with Crippen molar-refractivity contribution in [2.45, 2.75) is 32.4 Å². The van der Waals surface area contributed by atoms with E-state index in [0.717, 1.165) is 24.9 Å². The highest BCUT2D eigenvalue weighted by molar-refractivity contribution is 5.42. The Labute approximate surface area is 117 Å². The van der Waals surface area contributed by atoms with Gasteiger partial charge in [0.2, 0.25) is 0 Å². The second-order valence-electron chi connectivity index (χ2n) is 4.16. The number of nitriles is 1. The monoisotopic (exact) mass is 284 g/mol. The molecule has 0 heterocycles. The number of halogens is 2. The average Bonchev–Trinajstić information content (AvgIpc) is 2.43. The van der Waals surface area contributed by atoms with E-state index in [1.807, 2.05) is 0 Å². The van der Waals surface area contributed by atoms with Gasteiger partial charge in [-0.25, -0.2) is 0 Å². The molecule has 0 radical (unpaired) electrons. The standard InChI is InChI=1S/C14H18F2N2O2/c1-19-13-9-11(5-6-12(13)20-14(15)16)10-18-8-4-2-3-7-17/h5-6,9,14,18H,2-4,8,10H2,1H3. The summed E-state index contributed by atoms with van der Waals surface area (Å²) in [6, 6.07) is 6.94. The lowest BCUT2D eigenvalue weighted by Gasteiger charge is -2.11. The second kappa shape index (κ2) is 9.10. The molecule has 1 rings (SSSR count). The van der Waals surface area contributed by atoms with Crippen molar-refractivity contribution < 1.29 is 18.3 Å². The average molecular weight is 284 g/mol. The quantitative estimate of drug-likeness (QED) is 0.708. The van der Waals surface area contributed by atoms with Crippen LogP contribution >= 0.6 is 0 Å². The Balaban J connectivity index is 2.45. The first-order chi connectivity index (χ1) is 9.67. The van der Waals surface area contributed by atoms with Crippen LogP contribution < -0.4 is 14.8 Å². The van der Waals surface area contributed by atoms with Crippen molar-refractivity contribution in [3.05, 3.63) is 23.8 Å². The van der Waals surface area contributed by atoms with Crippen molar-refractivity contribution in [1.29, 1.82) is 5.26 Å². The first-order valence-electron chi connectivity index (χ1n) is 6.36. The van der Waals surface area contributed by atoms with Gasteiger partial charge in [0.25, 0.3) is 0 Å². The van der Waals surface area contributed by atoms with Crippen LogP contribution in [0.4, 0.5) is 8.78 Å². The Kier molecular flexibility index (Phi) is 7.36. The molecule has 4 nitrogen and oxygen atoms in total. The number of unbranched alkanes of at least 4 members (excludes halogenated alkanes) is 2. The minimum atomic E-state index is -2.87. The summed E-state index contributed by atoms with van der Waals surface area (Å²) in [6.45, 7) is -1.45. The second-order valence-corrected chi connectivity index (χ2v) is 4.16. The number of hydrogen-bond acceptors (Lipinski definition) is 4. The van der Waals surface area contributed by atoms with Crippen LogP contribution in [-0.2, 0) is 6.54 Å². The normalized spacial score (nSPS) is 10.3. The highest BCUT2D eigenvalue weighted by Crippen LogP contribution is 2.29. The van der Waals surface area contributed by atoms with Crippen molar-refractivity contribution >= 4 is 0 Å². The van der Waals surface area contributed by atoms with Gasteiger partial charge in [-0.2, -0.15) is 14.0 Å². The molecular weight excluding hydrogens is 266 g/mol. The van der Waals surface area contributed by atoms with Gasteiger partial charge in [-0.1, -0.05) is 6.07 Å². The molecule has 0 amide bonds. The van der Waals surface area contributed by atoms with Crippen LogP contribution in [0.15, 0.2) is 18.2 Å². The van der Waals surface area contributed by atoms with Crippen molar-refractivity contribution in [2.24, 2.45) is 0 Å². The van der Waals surface area contributed by atoms with Crippen LogP contribution in [0.25, 0.3) is 0 Å². The Morgan fingerprint density at radius 3 is 2.75 bits per heavy atom. The molecule has 0 aliphatic rings. The highest BCUT2D eigenvalue weighted by Gasteiger charge is 2.10. The van der Waals surface area contributed by atoms with Crippen LogP contribution in [0.5, 0.6) is 11.5 Å². The molecule has 1 aromatic carbocycles. The summed E-state index contributed by atoms with van der Waals surface area (Å²) in [5, 5.41) is 11.6. The first-order valence-corrected chi connectivity index (χ1v) is 6.36. The lowest BCUT2D eigenvalue weighted by Crippen LogP contribution is -2.14. The van der Waals surface area contributed by atoms with Crippen molar-refractivity contribution in [3.8, 4) is 17.6 Å². The van der Waals surface area contributed by atoms with Crippen LogP contribution in [-0.4, -0.2) is 20.3 Å². The molecule has 0 unspecified atom stereocenters. The van der Waals surface area contributed by atoms with E-state index in [9.17, 15) is 8.78 Å². The third-order valence-corrected chi connectivity index (χ3v) is 2.67. The SMILES string of the molecule is COc1cc(CNCCCCC#N)ccc1OC(F)F. The molecule has 0 atom stereocenters. The summed E-state index contributed by atoms with van der Waals surface area (Å²) in [7, 11) is 1.41. The van der Waals surface area contributed by atoms with Gasteiger partial charge in [0, 0.05) is 13.0 Å². The fourth-order valence-corrected chi connectivity index (χ4v) is 1.70. The van der Waals surface area contributed by atoms with Crippen molar-refractivity contribution in [3.63, 3.8) is 0 Å². The third kappa shape index (κ3) is 5.85. The minimum absolute atomic E-state index is 0.0280. The maximum atomic E-state index is 12.2. The van der Waals surface area contributed by atoms with Gasteiger partial charge in [0.1, 0.15) is 0 Å². The molecular formula is C14H18F2N2O2. The molecule has 1 N–H and O–H groups in total. The van der Waals surface area contributed by atoms with Gasteiger partial charge in [0.05, 0.1) is 13.2 Å². The van der Waals surface area contributed by atoms with Gasteiger partial charge in [-0.15, -0.1) is 0 Å². The van der Waals surface area contributed by atoms with Crippen molar-refractivity contribution in [2.75, 3.05) is 13.7 Å². The molecule has 0 saturated carbocycles. The number of nitrogens with zero attached hydrogens (tertiary/aromatic N) is 1. The molecule has 0 saturated heterocycles. The maximum Gasteiger partial charge on any atom is 0.387 e. The Morgan fingerprint density at radius 1 is 1.30 bits per heavy atom. The molecule has 0 aliphatic heterocycles. The van der Waals surface area contributed by atoms with Gasteiger partial charge >= 0.3 is 6.61 Å². The predicted molar refractivity (Wildman–Crippen MR) is 70.8 cm³/mol. The van der Waals surface area contributed by atoms with Crippen LogP contribution in [0.2, 0.25) is 0 Å². The van der Waals surface area contributed by atoms with E-state index in [0.29, 0.717) is 13.0 Å². The zero-order valence-corrected chi connectivity index (χ0v) is 11.4. The smallest absolute Gasteiger partial charge is 0.387 e. The fraction of sp³-hybridized carbons (Fsp3) is 0.500. The van der Waals surface area contributed by atoms with E-state index >= 15 is 0 Å². The van der Waals surface area contributed by atoms with E-state index in [1.54, 1.807) is 12.1 Å². The summed E-state index contributed by atoms with van der Waals surface area (Å²) in [5.41, 5.74) is 0.920. The molecule has 0 bridgehead atoms. The molecule has 0 spiro atoms. The van der Waals surface area contributed by atoms with Crippen LogP contribution in [0.3, 0.4) is 0 Å². The molecule has 0 fully saturated rings. The van der Waals surface area contributed by atoms with E-state index in [2.05, 4.69) is 16.1 Å². The summed E-state index contributed by atoms with van der Waals surface area (Å²) in [4.78, 5) is 0. The van der Waals surface area contributed by atoms with Gasteiger partial charge in [-0.05, 0) is 37.1 Å². The zero-order valence-electron chi connectivity index (χ0n) is 11.4. The lowest BCUT2D eigenvalue weighted by atomic mass is 10.2. The van der Waals surface area contributed by atoms with E-state index in [-0.39, 0.29) is 11.5 Å². The molecule has 6 heteroatoms. The number of methoxy groups -OCH3 is 1. The summed E-state index contributed by atoms with van der Waals surface area (Å²) in [6.07, 6.45) is 2.36. The topological polar surface area (TPSA) is 54.3 Å². The lowest BCUT2D eigenvalue weighted by molar-refractivity contribution is -0.0512. The first kappa shape index (κ1) is 16.2. The molecule has 0 aliphatic carbocycles. The van der Waals surface area contributed by atoms with Gasteiger partial charge in [-0.3, -0.25) is 0 Å². The molecule has 0 aromatic heterocycles. The molecule has 110 valence electrons. The Hall–Kier alpha value is -1.87. The number of hydrogen-bond donors (Lipinski definition) is 1. The molecule has 1 aromatic rings. The summed E-state index contributed by atoms with van der Waals surface area (Å²) >= 11 is 0. The zero-order chi connectivity index (χ0) is 14.8. The van der Waals surface area contributed by atoms with Crippen LogP contribution in [0.1, 0.15) is 24.8 Å². The number of alkyl halides is 2. The number of ether oxygens (including phenoxy) is 2. The maximum absolute atomic E-state index is 12.2. The highest BCUT2D eigenvalue weighted by atomic mass is 19.3.